The van der Waals surface area contributed by atoms with E-state index in [1.54, 1.807) is 35.4 Å². The van der Waals surface area contributed by atoms with Crippen molar-refractivity contribution in [3.05, 3.63) is 71.4 Å². The molecule has 1 unspecified atom stereocenters. The number of aliphatic imine (C=N–C) groups is 1. The zero-order valence-corrected chi connectivity index (χ0v) is 18.5. The van der Waals surface area contributed by atoms with Crippen molar-refractivity contribution in [2.24, 2.45) is 4.99 Å². The lowest BCUT2D eigenvalue weighted by molar-refractivity contribution is -0.128. The molecule has 0 radical (unpaired) electrons. The highest BCUT2D eigenvalue weighted by molar-refractivity contribution is 6.30. The molecule has 1 aliphatic heterocycles. The Labute approximate surface area is 196 Å². The van der Waals surface area contributed by atoms with Crippen LogP contribution in [0, 0.1) is 16.9 Å². The second-order valence-electron chi connectivity index (χ2n) is 7.59. The number of nitrogens with one attached hydrogen (secondary N) is 3. The summed E-state index contributed by atoms with van der Waals surface area (Å²) in [5.74, 6) is 0.213. The van der Waals surface area contributed by atoms with Crippen molar-refractivity contribution in [2.75, 3.05) is 18.4 Å². The van der Waals surface area contributed by atoms with Crippen LogP contribution in [0.3, 0.4) is 0 Å². The summed E-state index contributed by atoms with van der Waals surface area (Å²) in [7, 11) is 0. The van der Waals surface area contributed by atoms with E-state index in [2.05, 4.69) is 20.6 Å². The van der Waals surface area contributed by atoms with Gasteiger partial charge in [-0.3, -0.25) is 15.1 Å². The van der Waals surface area contributed by atoms with E-state index in [0.29, 0.717) is 29.2 Å². The van der Waals surface area contributed by atoms with Gasteiger partial charge in [-0.25, -0.2) is 4.99 Å². The Morgan fingerprint density at radius 1 is 1.27 bits per heavy atom. The third-order valence-corrected chi connectivity index (χ3v) is 5.68. The lowest BCUT2D eigenvalue weighted by Crippen LogP contribution is -2.44. The van der Waals surface area contributed by atoms with Crippen molar-refractivity contribution in [2.45, 2.75) is 18.9 Å². The van der Waals surface area contributed by atoms with Crippen LogP contribution in [0.25, 0.3) is 10.9 Å². The van der Waals surface area contributed by atoms with E-state index >= 15 is 0 Å². The maximum atomic E-state index is 12.5. The van der Waals surface area contributed by atoms with Crippen LogP contribution in [0.5, 0.6) is 0 Å². The molecule has 8 nitrogen and oxygen atoms in total. The van der Waals surface area contributed by atoms with Gasteiger partial charge >= 0.3 is 0 Å². The summed E-state index contributed by atoms with van der Waals surface area (Å²) >= 11 is 5.99. The second kappa shape index (κ2) is 10.1. The fourth-order valence-corrected chi connectivity index (χ4v) is 3.91. The van der Waals surface area contributed by atoms with Crippen molar-refractivity contribution in [3.8, 4) is 6.19 Å². The van der Waals surface area contributed by atoms with Gasteiger partial charge in [-0.05, 0) is 36.2 Å². The normalized spacial score (nSPS) is 14.7. The minimum absolute atomic E-state index is 0.00426. The highest BCUT2D eigenvalue weighted by Gasteiger charge is 2.31. The van der Waals surface area contributed by atoms with Gasteiger partial charge in [0.2, 0.25) is 11.9 Å². The molecular formula is C24H22ClN7O. The van der Waals surface area contributed by atoms with Crippen molar-refractivity contribution in [1.82, 2.24) is 15.2 Å². The zero-order valence-electron chi connectivity index (χ0n) is 17.8. The highest BCUT2D eigenvalue weighted by Crippen LogP contribution is 2.20. The molecule has 0 aliphatic carbocycles. The van der Waals surface area contributed by atoms with Crippen LogP contribution < -0.4 is 10.6 Å². The molecule has 166 valence electrons. The molecule has 2 aromatic carbocycles. The molecule has 4 rings (SSSR count). The fraction of sp³-hybridized carbons (Fsp3) is 0.208. The molecular weight excluding hydrogens is 438 g/mol. The van der Waals surface area contributed by atoms with Crippen LogP contribution in [0.15, 0.2) is 65.8 Å². The summed E-state index contributed by atoms with van der Waals surface area (Å²) in [6.07, 6.45) is 4.75. The van der Waals surface area contributed by atoms with Gasteiger partial charge in [-0.1, -0.05) is 41.9 Å². The molecule has 0 spiro atoms. The number of carbonyl (C=O) groups excluding carboxylic acids is 1. The molecule has 0 saturated carbocycles. The fourth-order valence-electron chi connectivity index (χ4n) is 3.78. The molecule has 1 amide bonds. The molecule has 3 N–H and O–H groups in total. The predicted molar refractivity (Wildman–Crippen MR) is 129 cm³/mol. The molecule has 33 heavy (non-hydrogen) atoms. The molecule has 1 aliphatic rings. The number of hydrogen-bond donors (Lipinski definition) is 3. The maximum Gasteiger partial charge on any atom is 0.223 e. The topological polar surface area (TPSA) is 117 Å². The monoisotopic (exact) mass is 459 g/mol. The predicted octanol–water partition coefficient (Wildman–Crippen LogP) is 3.79. The average molecular weight is 460 g/mol. The van der Waals surface area contributed by atoms with Gasteiger partial charge in [0.05, 0.1) is 35.7 Å². The molecule has 9 heteroatoms. The smallest absolute Gasteiger partial charge is 0.223 e. The number of rotatable bonds is 6. The van der Waals surface area contributed by atoms with Gasteiger partial charge in [0.15, 0.2) is 6.19 Å². The first-order valence-corrected chi connectivity index (χ1v) is 10.9. The summed E-state index contributed by atoms with van der Waals surface area (Å²) in [4.78, 5) is 23.1. The summed E-state index contributed by atoms with van der Waals surface area (Å²) < 4.78 is 0. The Balaban J connectivity index is 1.58. The van der Waals surface area contributed by atoms with E-state index in [9.17, 15) is 10.1 Å². The largest absolute Gasteiger partial charge is 0.332 e. The SMILES string of the molecule is N#CNC(=NCC(C(=N)c1ccc(Cl)cc1)N1CCCC1=O)Nc1cnc2ccccc2c1. The number of benzene rings is 2. The number of amides is 1. The third kappa shape index (κ3) is 5.27. The number of nitriles is 1. The Morgan fingerprint density at radius 2 is 2.06 bits per heavy atom. The number of nitrogens with zero attached hydrogens (tertiary/aromatic N) is 4. The number of guanidine groups is 1. The standard InChI is InChI=1S/C24H22ClN7O/c25-18-9-7-16(8-10-18)23(27)21(32-11-3-6-22(32)33)14-29-24(30-15-26)31-19-12-17-4-1-2-5-20(17)28-13-19/h1-2,4-5,7-10,12-13,21,27H,3,6,11,14H2,(H2,29,30,31). The highest BCUT2D eigenvalue weighted by atomic mass is 35.5. The number of para-hydroxylation sites is 1. The maximum absolute atomic E-state index is 12.5. The number of carbonyl (C=O) groups is 1. The van der Waals surface area contributed by atoms with E-state index in [-0.39, 0.29) is 24.1 Å². The van der Waals surface area contributed by atoms with Gasteiger partial charge in [-0.2, -0.15) is 5.26 Å². The van der Waals surface area contributed by atoms with E-state index in [1.807, 2.05) is 36.5 Å². The zero-order chi connectivity index (χ0) is 23.2. The van der Waals surface area contributed by atoms with Gasteiger partial charge in [-0.15, -0.1) is 0 Å². The molecule has 2 heterocycles. The molecule has 1 atom stereocenters. The molecule has 1 saturated heterocycles. The molecule has 3 aromatic rings. The Kier molecular flexibility index (Phi) is 6.81. The number of fused-ring (bicyclic) bond motifs is 1. The van der Waals surface area contributed by atoms with E-state index in [1.165, 1.54) is 0 Å². The van der Waals surface area contributed by atoms with Crippen LogP contribution in [0.1, 0.15) is 18.4 Å². The Bertz CT molecular complexity index is 1250. The number of halogens is 1. The minimum atomic E-state index is -0.562. The van der Waals surface area contributed by atoms with Gasteiger partial charge < -0.3 is 15.6 Å². The van der Waals surface area contributed by atoms with Crippen molar-refractivity contribution in [3.63, 3.8) is 0 Å². The van der Waals surface area contributed by atoms with Crippen LogP contribution in [0.2, 0.25) is 5.02 Å². The quantitative estimate of drug-likeness (QED) is 0.224. The van der Waals surface area contributed by atoms with Gasteiger partial charge in [0, 0.05) is 23.4 Å². The third-order valence-electron chi connectivity index (χ3n) is 5.42. The first kappa shape index (κ1) is 22.2. The molecule has 1 fully saturated rings. The summed E-state index contributed by atoms with van der Waals surface area (Å²) in [6, 6.07) is 16.0. The van der Waals surface area contributed by atoms with Gasteiger partial charge in [0.1, 0.15) is 0 Å². The van der Waals surface area contributed by atoms with Crippen LogP contribution in [0.4, 0.5) is 5.69 Å². The molecule has 0 bridgehead atoms. The number of aromatic nitrogens is 1. The minimum Gasteiger partial charge on any atom is -0.332 e. The van der Waals surface area contributed by atoms with Crippen molar-refractivity contribution < 1.29 is 4.79 Å². The second-order valence-corrected chi connectivity index (χ2v) is 8.03. The number of pyridine rings is 1. The van der Waals surface area contributed by atoms with Crippen LogP contribution in [-0.4, -0.2) is 46.6 Å². The van der Waals surface area contributed by atoms with Gasteiger partial charge in [0.25, 0.3) is 0 Å². The average Bonchev–Trinajstić information content (AvgIpc) is 3.25. The summed E-state index contributed by atoms with van der Waals surface area (Å²) in [5, 5.41) is 25.1. The van der Waals surface area contributed by atoms with Crippen LogP contribution >= 0.6 is 11.6 Å². The molecule has 1 aromatic heterocycles. The number of hydrogen-bond acceptors (Lipinski definition) is 5. The van der Waals surface area contributed by atoms with E-state index in [0.717, 1.165) is 17.3 Å². The van der Waals surface area contributed by atoms with Crippen molar-refractivity contribution >= 4 is 45.8 Å². The number of likely N-dealkylation sites (tertiary alicyclic amines) is 1. The van der Waals surface area contributed by atoms with Crippen LogP contribution in [-0.2, 0) is 4.79 Å². The Morgan fingerprint density at radius 3 is 2.79 bits per heavy atom. The lowest BCUT2D eigenvalue weighted by atomic mass is 10.0. The summed E-state index contributed by atoms with van der Waals surface area (Å²) in [6.45, 7) is 0.684. The van der Waals surface area contributed by atoms with E-state index < -0.39 is 6.04 Å². The lowest BCUT2D eigenvalue weighted by Gasteiger charge is -2.27. The Hall–Kier alpha value is -3.96. The van der Waals surface area contributed by atoms with E-state index in [4.69, 9.17) is 17.0 Å². The summed E-state index contributed by atoms with van der Waals surface area (Å²) in [5.41, 5.74) is 2.46. The first-order chi connectivity index (χ1) is 16.0. The van der Waals surface area contributed by atoms with Crippen molar-refractivity contribution in [1.29, 1.82) is 10.7 Å². The first-order valence-electron chi connectivity index (χ1n) is 10.5. The number of anilines is 1.